The lowest BCUT2D eigenvalue weighted by Crippen LogP contribution is -2.25. The average Bonchev–Trinajstić information content (AvgIpc) is 2.41. The first-order valence-corrected chi connectivity index (χ1v) is 6.46. The Bertz CT molecular complexity index is 506. The van der Waals surface area contributed by atoms with Crippen LogP contribution in [0.1, 0.15) is 31.6 Å². The first-order valence-electron chi connectivity index (χ1n) is 5.99. The maximum atomic E-state index is 12.3. The van der Waals surface area contributed by atoms with Gasteiger partial charge in [0.2, 0.25) is 0 Å². The SMILES string of the molecule is N/C=C(/C[C@H]1CCc2ccccc2C1=O)NC=S.[HH].[HH]. The zero-order chi connectivity index (χ0) is 13.0. The van der Waals surface area contributed by atoms with Crippen molar-refractivity contribution < 1.29 is 7.65 Å². The van der Waals surface area contributed by atoms with Crippen molar-refractivity contribution in [3.05, 3.63) is 47.3 Å². The van der Waals surface area contributed by atoms with E-state index in [2.05, 4.69) is 5.32 Å². The highest BCUT2D eigenvalue weighted by Gasteiger charge is 2.27. The molecule has 1 aliphatic rings. The molecule has 0 fully saturated rings. The Labute approximate surface area is 115 Å². The van der Waals surface area contributed by atoms with E-state index < -0.39 is 0 Å². The summed E-state index contributed by atoms with van der Waals surface area (Å²) in [6.45, 7) is 0. The van der Waals surface area contributed by atoms with Gasteiger partial charge in [0.25, 0.3) is 0 Å². The number of hydrogen-bond donors (Lipinski definition) is 2. The number of fused-ring (bicyclic) bond motifs is 1. The van der Waals surface area contributed by atoms with Gasteiger partial charge in [0.05, 0.1) is 5.49 Å². The first-order chi connectivity index (χ1) is 8.76. The van der Waals surface area contributed by atoms with Crippen LogP contribution in [-0.4, -0.2) is 11.3 Å². The highest BCUT2D eigenvalue weighted by molar-refractivity contribution is 7.78. The Hall–Kier alpha value is -1.68. The average molecular weight is 264 g/mol. The summed E-state index contributed by atoms with van der Waals surface area (Å²) in [4.78, 5) is 12.3. The second-order valence-corrected chi connectivity index (χ2v) is 4.65. The van der Waals surface area contributed by atoms with E-state index in [0.29, 0.717) is 6.42 Å². The second kappa shape index (κ2) is 5.78. The Balaban J connectivity index is 0.00000180. The molecule has 3 N–H and O–H groups in total. The first kappa shape index (κ1) is 12.8. The van der Waals surface area contributed by atoms with E-state index in [-0.39, 0.29) is 14.6 Å². The number of carbonyl (C=O) groups is 1. The summed E-state index contributed by atoms with van der Waals surface area (Å²) in [5.41, 5.74) is 9.75. The highest BCUT2D eigenvalue weighted by atomic mass is 32.1. The van der Waals surface area contributed by atoms with Crippen molar-refractivity contribution in [3.8, 4) is 0 Å². The molecule has 2 rings (SSSR count). The van der Waals surface area contributed by atoms with Crippen molar-refractivity contribution in [2.75, 3.05) is 0 Å². The van der Waals surface area contributed by atoms with E-state index in [9.17, 15) is 4.79 Å². The van der Waals surface area contributed by atoms with E-state index in [1.165, 1.54) is 11.7 Å². The summed E-state index contributed by atoms with van der Waals surface area (Å²) in [6.07, 6.45) is 3.92. The van der Waals surface area contributed by atoms with Gasteiger partial charge in [-0.15, -0.1) is 0 Å². The van der Waals surface area contributed by atoms with Gasteiger partial charge in [-0.1, -0.05) is 36.5 Å². The van der Waals surface area contributed by atoms with Gasteiger partial charge in [-0.3, -0.25) is 4.79 Å². The minimum atomic E-state index is -0.00264. The number of nitrogens with two attached hydrogens (primary N) is 1. The molecule has 0 amide bonds. The summed E-state index contributed by atoms with van der Waals surface area (Å²) < 4.78 is 0. The van der Waals surface area contributed by atoms with Gasteiger partial charge in [0, 0.05) is 26.2 Å². The number of Topliss-reactive ketones (excluding diaryl/α,β-unsaturated/α-hetero) is 1. The van der Waals surface area contributed by atoms with E-state index in [0.717, 1.165) is 29.7 Å². The molecule has 4 heteroatoms. The topological polar surface area (TPSA) is 55.1 Å². The number of rotatable bonds is 4. The van der Waals surface area contributed by atoms with E-state index in [1.807, 2.05) is 24.3 Å². The van der Waals surface area contributed by atoms with Crippen LogP contribution in [0.3, 0.4) is 0 Å². The summed E-state index contributed by atoms with van der Waals surface area (Å²) in [5.74, 6) is 0.208. The normalized spacial score (nSPS) is 19.2. The molecule has 0 saturated carbocycles. The molecule has 0 heterocycles. The highest BCUT2D eigenvalue weighted by Crippen LogP contribution is 2.28. The molecule has 18 heavy (non-hydrogen) atoms. The van der Waals surface area contributed by atoms with E-state index in [1.54, 1.807) is 0 Å². The van der Waals surface area contributed by atoms with Crippen LogP contribution in [-0.2, 0) is 6.42 Å². The molecule has 1 atom stereocenters. The van der Waals surface area contributed by atoms with Crippen LogP contribution in [0.5, 0.6) is 0 Å². The Kier molecular flexibility index (Phi) is 4.10. The molecular formula is C14H20N2OS. The van der Waals surface area contributed by atoms with Crippen LogP contribution in [0.2, 0.25) is 0 Å². The lowest BCUT2D eigenvalue weighted by atomic mass is 9.80. The van der Waals surface area contributed by atoms with Gasteiger partial charge >= 0.3 is 0 Å². The number of allylic oxidation sites excluding steroid dienone is 1. The quantitative estimate of drug-likeness (QED) is 0.821. The molecule has 0 saturated heterocycles. The molecule has 1 aliphatic carbocycles. The van der Waals surface area contributed by atoms with Gasteiger partial charge in [0.1, 0.15) is 0 Å². The number of nitrogens with one attached hydrogen (secondary N) is 1. The van der Waals surface area contributed by atoms with Gasteiger partial charge in [-0.25, -0.2) is 0 Å². The third kappa shape index (κ3) is 2.59. The van der Waals surface area contributed by atoms with Gasteiger partial charge in [-0.2, -0.15) is 0 Å². The Morgan fingerprint density at radius 2 is 2.33 bits per heavy atom. The van der Waals surface area contributed by atoms with Crippen molar-refractivity contribution in [2.45, 2.75) is 19.3 Å². The molecule has 0 bridgehead atoms. The number of benzene rings is 1. The smallest absolute Gasteiger partial charge is 0.166 e. The minimum absolute atomic E-state index is 0. The molecule has 98 valence electrons. The Morgan fingerprint density at radius 1 is 1.56 bits per heavy atom. The minimum Gasteiger partial charge on any atom is -0.403 e. The maximum absolute atomic E-state index is 12.3. The van der Waals surface area contributed by atoms with Crippen LogP contribution in [0.4, 0.5) is 0 Å². The van der Waals surface area contributed by atoms with Crippen LogP contribution in [0, 0.1) is 5.92 Å². The summed E-state index contributed by atoms with van der Waals surface area (Å²) >= 11 is 4.74. The third-order valence-electron chi connectivity index (χ3n) is 3.33. The molecule has 0 spiro atoms. The van der Waals surface area contributed by atoms with Gasteiger partial charge in [0.15, 0.2) is 5.78 Å². The third-order valence-corrected chi connectivity index (χ3v) is 3.45. The van der Waals surface area contributed by atoms with Crippen molar-refractivity contribution in [2.24, 2.45) is 11.7 Å². The largest absolute Gasteiger partial charge is 0.403 e. The monoisotopic (exact) mass is 264 g/mol. The fourth-order valence-electron chi connectivity index (χ4n) is 2.37. The molecule has 1 aromatic carbocycles. The fourth-order valence-corrected chi connectivity index (χ4v) is 2.52. The number of hydrogen-bond acceptors (Lipinski definition) is 3. The molecule has 0 aromatic heterocycles. The van der Waals surface area contributed by atoms with Crippen LogP contribution < -0.4 is 11.1 Å². The number of thiocarbonyl (C=S) groups is 1. The van der Waals surface area contributed by atoms with Crippen molar-refractivity contribution in [3.63, 3.8) is 0 Å². The zero-order valence-corrected chi connectivity index (χ0v) is 10.9. The molecule has 3 nitrogen and oxygen atoms in total. The summed E-state index contributed by atoms with van der Waals surface area (Å²) in [7, 11) is 0. The molecule has 0 unspecified atom stereocenters. The molecule has 0 radical (unpaired) electrons. The lowest BCUT2D eigenvalue weighted by Gasteiger charge is -2.23. The van der Waals surface area contributed by atoms with Crippen molar-refractivity contribution >= 4 is 23.5 Å². The molecule has 0 aliphatic heterocycles. The number of ketones is 1. The zero-order valence-electron chi connectivity index (χ0n) is 10.1. The predicted octanol–water partition coefficient (Wildman–Crippen LogP) is 2.66. The Morgan fingerprint density at radius 3 is 3.06 bits per heavy atom. The molecule has 1 aromatic rings. The van der Waals surface area contributed by atoms with Crippen molar-refractivity contribution in [1.29, 1.82) is 0 Å². The standard InChI is InChI=1S/C14H16N2OS.2H2/c15-8-12(16-9-18)7-11-6-5-10-3-1-2-4-13(10)14(11)17;;/h1-4,8-9,11H,5-7,15H2,(H,16,18);2*1H/b12-8-;;/t11-;;/m1../s1. The van der Waals surface area contributed by atoms with E-state index in [4.69, 9.17) is 18.0 Å². The van der Waals surface area contributed by atoms with Gasteiger partial charge < -0.3 is 11.1 Å². The number of carbonyl (C=O) groups excluding carboxylic acids is 1. The summed E-state index contributed by atoms with van der Waals surface area (Å²) in [5, 5.41) is 2.90. The predicted molar refractivity (Wildman–Crippen MR) is 80.5 cm³/mol. The number of aryl methyl sites for hydroxylation is 1. The fraction of sp³-hybridized carbons (Fsp3) is 0.286. The van der Waals surface area contributed by atoms with E-state index >= 15 is 0 Å². The van der Waals surface area contributed by atoms with Crippen LogP contribution in [0.25, 0.3) is 0 Å². The van der Waals surface area contributed by atoms with Crippen LogP contribution in [0.15, 0.2) is 36.2 Å². The lowest BCUT2D eigenvalue weighted by molar-refractivity contribution is 0.0900. The maximum Gasteiger partial charge on any atom is 0.166 e. The van der Waals surface area contributed by atoms with Gasteiger partial charge in [-0.05, 0) is 24.8 Å². The second-order valence-electron chi connectivity index (χ2n) is 4.42. The van der Waals surface area contributed by atoms with Crippen molar-refractivity contribution in [1.82, 2.24) is 5.32 Å². The summed E-state index contributed by atoms with van der Waals surface area (Å²) in [6, 6.07) is 7.82. The van der Waals surface area contributed by atoms with Crippen LogP contribution >= 0.6 is 12.2 Å². The molecular weight excluding hydrogens is 244 g/mol.